The molecule has 5 nitrogen and oxygen atoms in total. The average molecular weight is 333 g/mol. The highest BCUT2D eigenvalue weighted by Crippen LogP contribution is 2.24. The summed E-state index contributed by atoms with van der Waals surface area (Å²) in [4.78, 5) is 17.3. The van der Waals surface area contributed by atoms with Gasteiger partial charge in [-0.25, -0.2) is 9.97 Å². The first-order valence-corrected chi connectivity index (χ1v) is 8.52. The molecule has 0 amide bonds. The van der Waals surface area contributed by atoms with Crippen LogP contribution in [0.2, 0.25) is 0 Å². The van der Waals surface area contributed by atoms with E-state index in [4.69, 9.17) is 0 Å². The Hall–Kier alpha value is -2.95. The number of aromatic nitrogens is 3. The van der Waals surface area contributed by atoms with Gasteiger partial charge in [0.15, 0.2) is 0 Å². The molecular formula is C20H23N5. The molecule has 0 fully saturated rings. The molecule has 0 bridgehead atoms. The van der Waals surface area contributed by atoms with Crippen molar-refractivity contribution in [2.75, 3.05) is 29.9 Å². The number of para-hydroxylation sites is 1. The van der Waals surface area contributed by atoms with E-state index in [1.807, 2.05) is 48.8 Å². The number of hydrogen-bond acceptors (Lipinski definition) is 5. The van der Waals surface area contributed by atoms with E-state index in [0.717, 1.165) is 36.8 Å². The Balaban J connectivity index is 1.74. The standard InChI is InChI=1S/C20H23N5/c1-3-25(18-7-5-4-6-8-18)20-15-19(22-16-23-20)24(2)14-11-17-9-12-21-13-10-17/h4-10,12-13,15-16H,3,11,14H2,1-2H3. The Morgan fingerprint density at radius 1 is 0.920 bits per heavy atom. The predicted molar refractivity (Wildman–Crippen MR) is 102 cm³/mol. The van der Waals surface area contributed by atoms with Crippen LogP contribution in [0.5, 0.6) is 0 Å². The minimum atomic E-state index is 0.848. The second-order valence-electron chi connectivity index (χ2n) is 5.84. The molecule has 0 aliphatic heterocycles. The summed E-state index contributed by atoms with van der Waals surface area (Å²) in [7, 11) is 2.06. The van der Waals surface area contributed by atoms with Gasteiger partial charge < -0.3 is 9.80 Å². The molecule has 3 aromatic rings. The van der Waals surface area contributed by atoms with Crippen molar-refractivity contribution in [1.82, 2.24) is 15.0 Å². The highest BCUT2D eigenvalue weighted by Gasteiger charge is 2.11. The first kappa shape index (κ1) is 16.9. The number of pyridine rings is 1. The highest BCUT2D eigenvalue weighted by molar-refractivity contribution is 5.62. The van der Waals surface area contributed by atoms with Crippen molar-refractivity contribution >= 4 is 17.3 Å². The fraction of sp³-hybridized carbons (Fsp3) is 0.250. The summed E-state index contributed by atoms with van der Waals surface area (Å²) in [5.41, 5.74) is 2.41. The van der Waals surface area contributed by atoms with Gasteiger partial charge in [0.25, 0.3) is 0 Å². The van der Waals surface area contributed by atoms with Crippen molar-refractivity contribution < 1.29 is 0 Å². The van der Waals surface area contributed by atoms with Gasteiger partial charge >= 0.3 is 0 Å². The van der Waals surface area contributed by atoms with Gasteiger partial charge in [-0.3, -0.25) is 4.98 Å². The van der Waals surface area contributed by atoms with E-state index >= 15 is 0 Å². The van der Waals surface area contributed by atoms with Crippen LogP contribution in [0, 0.1) is 0 Å². The van der Waals surface area contributed by atoms with Crippen LogP contribution in [-0.2, 0) is 6.42 Å². The van der Waals surface area contributed by atoms with E-state index in [9.17, 15) is 0 Å². The molecule has 0 saturated heterocycles. The second-order valence-corrected chi connectivity index (χ2v) is 5.84. The molecule has 0 atom stereocenters. The topological polar surface area (TPSA) is 45.2 Å². The Labute approximate surface area is 149 Å². The smallest absolute Gasteiger partial charge is 0.138 e. The zero-order valence-corrected chi connectivity index (χ0v) is 14.7. The molecule has 3 rings (SSSR count). The highest BCUT2D eigenvalue weighted by atomic mass is 15.2. The zero-order chi connectivity index (χ0) is 17.5. The van der Waals surface area contributed by atoms with Crippen molar-refractivity contribution in [2.24, 2.45) is 0 Å². The van der Waals surface area contributed by atoms with E-state index in [-0.39, 0.29) is 0 Å². The predicted octanol–water partition coefficient (Wildman–Crippen LogP) is 3.71. The van der Waals surface area contributed by atoms with Gasteiger partial charge in [0, 0.05) is 44.3 Å². The van der Waals surface area contributed by atoms with Gasteiger partial charge in [-0.2, -0.15) is 0 Å². The number of likely N-dealkylation sites (N-methyl/N-ethyl adjacent to an activating group) is 1. The number of benzene rings is 1. The Bertz CT molecular complexity index is 776. The lowest BCUT2D eigenvalue weighted by Crippen LogP contribution is -2.23. The van der Waals surface area contributed by atoms with Crippen LogP contribution < -0.4 is 9.80 Å². The summed E-state index contributed by atoms with van der Waals surface area (Å²) in [5, 5.41) is 0. The summed E-state index contributed by atoms with van der Waals surface area (Å²) in [6, 6.07) is 16.4. The van der Waals surface area contributed by atoms with Gasteiger partial charge in [-0.15, -0.1) is 0 Å². The van der Waals surface area contributed by atoms with Gasteiger partial charge in [0.05, 0.1) is 0 Å². The van der Waals surface area contributed by atoms with Gasteiger partial charge in [0.2, 0.25) is 0 Å². The Kier molecular flexibility index (Phi) is 5.57. The summed E-state index contributed by atoms with van der Waals surface area (Å²) < 4.78 is 0. The molecule has 0 N–H and O–H groups in total. The van der Waals surface area contributed by atoms with Gasteiger partial charge in [-0.1, -0.05) is 18.2 Å². The van der Waals surface area contributed by atoms with Crippen LogP contribution in [0.25, 0.3) is 0 Å². The molecule has 1 aromatic carbocycles. The molecule has 0 unspecified atom stereocenters. The summed E-state index contributed by atoms with van der Waals surface area (Å²) in [6.07, 6.45) is 6.25. The lowest BCUT2D eigenvalue weighted by Gasteiger charge is -2.24. The quantitative estimate of drug-likeness (QED) is 0.659. The molecule has 2 heterocycles. The molecule has 0 spiro atoms. The van der Waals surface area contributed by atoms with Gasteiger partial charge in [-0.05, 0) is 43.2 Å². The molecule has 0 aliphatic rings. The average Bonchev–Trinajstić information content (AvgIpc) is 2.69. The van der Waals surface area contributed by atoms with Crippen molar-refractivity contribution in [3.63, 3.8) is 0 Å². The van der Waals surface area contributed by atoms with Crippen molar-refractivity contribution in [3.05, 3.63) is 72.8 Å². The number of nitrogens with zero attached hydrogens (tertiary/aromatic N) is 5. The maximum absolute atomic E-state index is 4.47. The number of rotatable bonds is 7. The Morgan fingerprint density at radius 3 is 2.36 bits per heavy atom. The van der Waals surface area contributed by atoms with Crippen LogP contribution in [0.4, 0.5) is 17.3 Å². The molecule has 25 heavy (non-hydrogen) atoms. The third-order valence-electron chi connectivity index (χ3n) is 4.18. The molecule has 128 valence electrons. The zero-order valence-electron chi connectivity index (χ0n) is 14.7. The van der Waals surface area contributed by atoms with E-state index < -0.39 is 0 Å². The van der Waals surface area contributed by atoms with Crippen LogP contribution in [0.1, 0.15) is 12.5 Å². The summed E-state index contributed by atoms with van der Waals surface area (Å²) >= 11 is 0. The van der Waals surface area contributed by atoms with E-state index in [1.165, 1.54) is 5.56 Å². The third-order valence-corrected chi connectivity index (χ3v) is 4.18. The first-order chi connectivity index (χ1) is 12.3. The van der Waals surface area contributed by atoms with Crippen LogP contribution in [0.15, 0.2) is 67.3 Å². The normalized spacial score (nSPS) is 10.5. The monoisotopic (exact) mass is 333 g/mol. The van der Waals surface area contributed by atoms with E-state index in [1.54, 1.807) is 6.33 Å². The van der Waals surface area contributed by atoms with Crippen LogP contribution in [0.3, 0.4) is 0 Å². The SMILES string of the molecule is CCN(c1ccccc1)c1cc(N(C)CCc2ccncc2)ncn1. The van der Waals surface area contributed by atoms with Gasteiger partial charge in [0.1, 0.15) is 18.0 Å². The van der Waals surface area contributed by atoms with Crippen LogP contribution in [-0.4, -0.2) is 35.1 Å². The maximum atomic E-state index is 4.47. The number of anilines is 3. The molecule has 0 radical (unpaired) electrons. The Morgan fingerprint density at radius 2 is 1.64 bits per heavy atom. The summed E-state index contributed by atoms with van der Waals surface area (Å²) in [5.74, 6) is 1.84. The van der Waals surface area contributed by atoms with Crippen molar-refractivity contribution in [1.29, 1.82) is 0 Å². The number of hydrogen-bond donors (Lipinski definition) is 0. The lowest BCUT2D eigenvalue weighted by atomic mass is 10.2. The lowest BCUT2D eigenvalue weighted by molar-refractivity contribution is 0.851. The van der Waals surface area contributed by atoms with E-state index in [0.29, 0.717) is 0 Å². The summed E-state index contributed by atoms with van der Waals surface area (Å²) in [6.45, 7) is 3.86. The van der Waals surface area contributed by atoms with E-state index in [2.05, 4.69) is 50.9 Å². The third kappa shape index (κ3) is 4.32. The first-order valence-electron chi connectivity index (χ1n) is 8.52. The van der Waals surface area contributed by atoms with Crippen molar-refractivity contribution in [3.8, 4) is 0 Å². The van der Waals surface area contributed by atoms with Crippen LogP contribution >= 0.6 is 0 Å². The minimum Gasteiger partial charge on any atom is -0.359 e. The molecule has 2 aromatic heterocycles. The molecule has 5 heteroatoms. The molecule has 0 aliphatic carbocycles. The minimum absolute atomic E-state index is 0.848. The van der Waals surface area contributed by atoms with Crippen molar-refractivity contribution in [2.45, 2.75) is 13.3 Å². The maximum Gasteiger partial charge on any atom is 0.138 e. The largest absolute Gasteiger partial charge is 0.359 e. The fourth-order valence-corrected chi connectivity index (χ4v) is 2.74. The fourth-order valence-electron chi connectivity index (χ4n) is 2.74. The second kappa shape index (κ2) is 8.24. The molecular weight excluding hydrogens is 310 g/mol. The molecule has 0 saturated carbocycles.